The van der Waals surface area contributed by atoms with Crippen molar-refractivity contribution in [3.63, 3.8) is 0 Å². The summed E-state index contributed by atoms with van der Waals surface area (Å²) in [6, 6.07) is 15.1. The number of aromatic nitrogens is 1. The van der Waals surface area contributed by atoms with Gasteiger partial charge in [0.1, 0.15) is 5.82 Å². The highest BCUT2D eigenvalue weighted by molar-refractivity contribution is 5.95. The maximum absolute atomic E-state index is 14.6. The maximum Gasteiger partial charge on any atom is 0.251 e. The van der Waals surface area contributed by atoms with Crippen LogP contribution >= 0.6 is 0 Å². The lowest BCUT2D eigenvalue weighted by molar-refractivity contribution is -0.118. The molecule has 1 heterocycles. The maximum atomic E-state index is 14.6. The summed E-state index contributed by atoms with van der Waals surface area (Å²) in [6.45, 7) is 2.15. The molecular weight excluding hydrogens is 369 g/mol. The van der Waals surface area contributed by atoms with Gasteiger partial charge in [-0.15, -0.1) is 0 Å². The molecule has 0 saturated carbocycles. The number of hydrogen-bond acceptors (Lipinski definition) is 3. The third-order valence-electron chi connectivity index (χ3n) is 4.65. The summed E-state index contributed by atoms with van der Waals surface area (Å²) < 4.78 is 14.6. The minimum absolute atomic E-state index is 0.0844. The quantitative estimate of drug-likeness (QED) is 0.685. The highest BCUT2D eigenvalue weighted by Crippen LogP contribution is 2.27. The highest BCUT2D eigenvalue weighted by atomic mass is 19.1. The minimum Gasteiger partial charge on any atom is -0.348 e. The topological polar surface area (TPSA) is 62.3 Å². The Kier molecular flexibility index (Phi) is 6.34. The van der Waals surface area contributed by atoms with E-state index in [0.717, 1.165) is 5.56 Å². The predicted octanol–water partition coefficient (Wildman–Crippen LogP) is 4.19. The second-order valence-corrected chi connectivity index (χ2v) is 6.59. The van der Waals surface area contributed by atoms with Crippen LogP contribution in [0.3, 0.4) is 0 Å². The number of hydrogen-bond donors (Lipinski definition) is 1. The van der Waals surface area contributed by atoms with Crippen molar-refractivity contribution in [1.82, 2.24) is 10.3 Å². The number of anilines is 1. The van der Waals surface area contributed by atoms with Gasteiger partial charge >= 0.3 is 0 Å². The summed E-state index contributed by atoms with van der Waals surface area (Å²) in [5, 5.41) is 2.83. The molecule has 0 saturated heterocycles. The van der Waals surface area contributed by atoms with Crippen LogP contribution in [0.15, 0.2) is 67.0 Å². The highest BCUT2D eigenvalue weighted by Gasteiger charge is 2.13. The summed E-state index contributed by atoms with van der Waals surface area (Å²) in [5.74, 6) is -0.721. The van der Waals surface area contributed by atoms with E-state index >= 15 is 0 Å². The van der Waals surface area contributed by atoms with E-state index in [0.29, 0.717) is 35.3 Å². The summed E-state index contributed by atoms with van der Waals surface area (Å²) >= 11 is 0. The number of halogens is 1. The number of nitrogens with zero attached hydrogens (tertiary/aromatic N) is 2. The molecule has 0 spiro atoms. The van der Waals surface area contributed by atoms with Crippen LogP contribution in [0.25, 0.3) is 11.1 Å². The molecule has 0 aliphatic heterocycles. The molecule has 5 nitrogen and oxygen atoms in total. The van der Waals surface area contributed by atoms with Crippen LogP contribution in [-0.2, 0) is 11.3 Å². The van der Waals surface area contributed by atoms with Gasteiger partial charge in [-0.3, -0.25) is 14.6 Å². The fourth-order valence-electron chi connectivity index (χ4n) is 2.92. The molecule has 148 valence electrons. The zero-order chi connectivity index (χ0) is 20.8. The first kappa shape index (κ1) is 20.2. The number of pyridine rings is 1. The first-order chi connectivity index (χ1) is 14.0. The molecular formula is C23H22FN3O2. The fourth-order valence-corrected chi connectivity index (χ4v) is 2.92. The molecule has 2 amide bonds. The Morgan fingerprint density at radius 1 is 1.10 bits per heavy atom. The van der Waals surface area contributed by atoms with E-state index in [2.05, 4.69) is 10.3 Å². The standard InChI is InChI=1S/C23H22FN3O2/c1-3-22(28)27(2)19-10-11-20(21(24)13-19)17-6-8-18(9-7-17)23(29)26-15-16-5-4-12-25-14-16/h4-14H,3,15H2,1-2H3,(H,26,29). The Labute approximate surface area is 169 Å². The lowest BCUT2D eigenvalue weighted by atomic mass is 10.0. The first-order valence-corrected chi connectivity index (χ1v) is 9.33. The van der Waals surface area contributed by atoms with E-state index in [1.807, 2.05) is 12.1 Å². The average Bonchev–Trinajstić information content (AvgIpc) is 2.77. The fraction of sp³-hybridized carbons (Fsp3) is 0.174. The van der Waals surface area contributed by atoms with Crippen LogP contribution < -0.4 is 10.2 Å². The van der Waals surface area contributed by atoms with Crippen LogP contribution in [0.2, 0.25) is 0 Å². The number of carbonyl (C=O) groups excluding carboxylic acids is 2. The van der Waals surface area contributed by atoms with E-state index in [9.17, 15) is 14.0 Å². The molecule has 29 heavy (non-hydrogen) atoms. The first-order valence-electron chi connectivity index (χ1n) is 9.33. The molecule has 0 fully saturated rings. The predicted molar refractivity (Wildman–Crippen MR) is 111 cm³/mol. The van der Waals surface area contributed by atoms with E-state index < -0.39 is 5.82 Å². The van der Waals surface area contributed by atoms with Gasteiger partial charge in [0.05, 0.1) is 0 Å². The van der Waals surface area contributed by atoms with Crippen LogP contribution in [-0.4, -0.2) is 23.8 Å². The molecule has 6 heteroatoms. The number of rotatable bonds is 6. The average molecular weight is 391 g/mol. The van der Waals surface area contributed by atoms with E-state index in [1.54, 1.807) is 62.8 Å². The Balaban J connectivity index is 1.71. The van der Waals surface area contributed by atoms with Crippen LogP contribution in [0.1, 0.15) is 29.3 Å². The molecule has 3 aromatic rings. The Bertz CT molecular complexity index is 1000. The lowest BCUT2D eigenvalue weighted by Gasteiger charge is -2.17. The molecule has 1 N–H and O–H groups in total. The third kappa shape index (κ3) is 4.85. The SMILES string of the molecule is CCC(=O)N(C)c1ccc(-c2ccc(C(=O)NCc3cccnc3)cc2)c(F)c1. The van der Waals surface area contributed by atoms with Gasteiger partial charge in [-0.2, -0.15) is 0 Å². The number of nitrogens with one attached hydrogen (secondary N) is 1. The molecule has 0 radical (unpaired) electrons. The smallest absolute Gasteiger partial charge is 0.251 e. The van der Waals surface area contributed by atoms with E-state index in [1.165, 1.54) is 11.0 Å². The molecule has 0 unspecified atom stereocenters. The summed E-state index contributed by atoms with van der Waals surface area (Å²) in [6.07, 6.45) is 3.72. The van der Waals surface area contributed by atoms with Crippen molar-refractivity contribution >= 4 is 17.5 Å². The van der Waals surface area contributed by atoms with Crippen LogP contribution in [0.4, 0.5) is 10.1 Å². The van der Waals surface area contributed by atoms with Gasteiger partial charge in [-0.1, -0.05) is 25.1 Å². The Morgan fingerprint density at radius 2 is 1.86 bits per heavy atom. The molecule has 1 aromatic heterocycles. The number of amides is 2. The zero-order valence-electron chi connectivity index (χ0n) is 16.4. The van der Waals surface area contributed by atoms with Crippen molar-refractivity contribution in [2.24, 2.45) is 0 Å². The normalized spacial score (nSPS) is 10.4. The van der Waals surface area contributed by atoms with Gasteiger partial charge in [0.15, 0.2) is 0 Å². The van der Waals surface area contributed by atoms with Crippen molar-refractivity contribution < 1.29 is 14.0 Å². The van der Waals surface area contributed by atoms with E-state index in [4.69, 9.17) is 0 Å². The monoisotopic (exact) mass is 391 g/mol. The number of carbonyl (C=O) groups is 2. The molecule has 0 aliphatic carbocycles. The Hall–Kier alpha value is -3.54. The van der Waals surface area contributed by atoms with Crippen LogP contribution in [0, 0.1) is 5.82 Å². The summed E-state index contributed by atoms with van der Waals surface area (Å²) in [4.78, 5) is 29.5. The minimum atomic E-state index is -0.424. The third-order valence-corrected chi connectivity index (χ3v) is 4.65. The molecule has 3 rings (SSSR count). The van der Waals surface area contributed by atoms with Gasteiger partial charge in [-0.05, 0) is 47.5 Å². The van der Waals surface area contributed by atoms with Gasteiger partial charge in [-0.25, -0.2) is 4.39 Å². The molecule has 2 aromatic carbocycles. The zero-order valence-corrected chi connectivity index (χ0v) is 16.4. The number of benzene rings is 2. The van der Waals surface area contributed by atoms with Crippen LogP contribution in [0.5, 0.6) is 0 Å². The second-order valence-electron chi connectivity index (χ2n) is 6.59. The van der Waals surface area contributed by atoms with Gasteiger partial charge in [0.2, 0.25) is 5.91 Å². The van der Waals surface area contributed by atoms with Crippen molar-refractivity contribution in [1.29, 1.82) is 0 Å². The Morgan fingerprint density at radius 3 is 2.48 bits per heavy atom. The largest absolute Gasteiger partial charge is 0.348 e. The summed E-state index contributed by atoms with van der Waals surface area (Å²) in [5.41, 5.74) is 2.97. The van der Waals surface area contributed by atoms with Crippen molar-refractivity contribution in [2.45, 2.75) is 19.9 Å². The van der Waals surface area contributed by atoms with Gasteiger partial charge in [0, 0.05) is 49.2 Å². The lowest BCUT2D eigenvalue weighted by Crippen LogP contribution is -2.25. The molecule has 0 atom stereocenters. The van der Waals surface area contributed by atoms with E-state index in [-0.39, 0.29) is 11.8 Å². The molecule has 0 aliphatic rings. The second kappa shape index (κ2) is 9.10. The molecule has 0 bridgehead atoms. The summed E-state index contributed by atoms with van der Waals surface area (Å²) in [7, 11) is 1.62. The van der Waals surface area contributed by atoms with Crippen molar-refractivity contribution in [2.75, 3.05) is 11.9 Å². The van der Waals surface area contributed by atoms with Crippen molar-refractivity contribution in [3.05, 3.63) is 83.9 Å². The van der Waals surface area contributed by atoms with Gasteiger partial charge in [0.25, 0.3) is 5.91 Å². The van der Waals surface area contributed by atoms with Crippen molar-refractivity contribution in [3.8, 4) is 11.1 Å². The van der Waals surface area contributed by atoms with Gasteiger partial charge < -0.3 is 10.2 Å².